The first-order valence-corrected chi connectivity index (χ1v) is 8.01. The van der Waals surface area contributed by atoms with Crippen LogP contribution in [0.15, 0.2) is 47.8 Å². The van der Waals surface area contributed by atoms with Gasteiger partial charge in [-0.25, -0.2) is 9.37 Å². The average Bonchev–Trinajstić information content (AvgIpc) is 2.97. The van der Waals surface area contributed by atoms with Crippen LogP contribution in [0.2, 0.25) is 0 Å². The van der Waals surface area contributed by atoms with Crippen molar-refractivity contribution in [3.63, 3.8) is 0 Å². The van der Waals surface area contributed by atoms with Gasteiger partial charge in [-0.1, -0.05) is 12.1 Å². The van der Waals surface area contributed by atoms with Crippen LogP contribution in [0.25, 0.3) is 11.3 Å². The molecule has 5 heteroatoms. The van der Waals surface area contributed by atoms with Gasteiger partial charge in [-0.3, -0.25) is 4.79 Å². The summed E-state index contributed by atoms with van der Waals surface area (Å²) in [7, 11) is 0. The van der Waals surface area contributed by atoms with Gasteiger partial charge in [0.2, 0.25) is 0 Å². The summed E-state index contributed by atoms with van der Waals surface area (Å²) in [6.45, 7) is 3.72. The van der Waals surface area contributed by atoms with E-state index in [4.69, 9.17) is 0 Å². The molecule has 0 radical (unpaired) electrons. The van der Waals surface area contributed by atoms with Crippen LogP contribution in [0, 0.1) is 19.7 Å². The molecule has 0 saturated carbocycles. The average molecular weight is 326 g/mol. The number of amides is 1. The second kappa shape index (κ2) is 6.30. The zero-order chi connectivity index (χ0) is 16.4. The summed E-state index contributed by atoms with van der Waals surface area (Å²) < 4.78 is 13.1. The van der Waals surface area contributed by atoms with Crippen LogP contribution < -0.4 is 5.32 Å². The highest BCUT2D eigenvalue weighted by atomic mass is 32.1. The molecule has 0 atom stereocenters. The van der Waals surface area contributed by atoms with Gasteiger partial charge in [-0.05, 0) is 49.7 Å². The smallest absolute Gasteiger partial charge is 0.255 e. The molecule has 1 aromatic heterocycles. The standard InChI is InChI=1S/C18H15FN2OS/c1-11-9-15(19)7-8-16(11)21-18(22)14-5-3-13(4-6-14)17-10-23-12(2)20-17/h3-10H,1-2H3,(H,21,22). The van der Waals surface area contributed by atoms with Crippen molar-refractivity contribution in [1.82, 2.24) is 4.98 Å². The van der Waals surface area contributed by atoms with Crippen LogP contribution in [0.1, 0.15) is 20.9 Å². The highest BCUT2D eigenvalue weighted by molar-refractivity contribution is 7.09. The van der Waals surface area contributed by atoms with Gasteiger partial charge in [-0.15, -0.1) is 11.3 Å². The second-order valence-corrected chi connectivity index (χ2v) is 6.30. The zero-order valence-corrected chi connectivity index (χ0v) is 13.6. The fourth-order valence-electron chi connectivity index (χ4n) is 2.25. The molecule has 116 valence electrons. The number of thiazole rings is 1. The number of carbonyl (C=O) groups is 1. The minimum absolute atomic E-state index is 0.222. The molecule has 0 unspecified atom stereocenters. The Kier molecular flexibility index (Phi) is 4.21. The third-order valence-corrected chi connectivity index (χ3v) is 4.27. The van der Waals surface area contributed by atoms with E-state index in [1.165, 1.54) is 12.1 Å². The highest BCUT2D eigenvalue weighted by Gasteiger charge is 2.09. The summed E-state index contributed by atoms with van der Waals surface area (Å²) in [6, 6.07) is 11.6. The number of aromatic nitrogens is 1. The molecule has 0 fully saturated rings. The maximum atomic E-state index is 13.1. The lowest BCUT2D eigenvalue weighted by atomic mass is 10.1. The predicted molar refractivity (Wildman–Crippen MR) is 91.4 cm³/mol. The van der Waals surface area contributed by atoms with Crippen molar-refractivity contribution >= 4 is 22.9 Å². The van der Waals surface area contributed by atoms with Crippen LogP contribution in [-0.2, 0) is 0 Å². The normalized spacial score (nSPS) is 10.6. The lowest BCUT2D eigenvalue weighted by Gasteiger charge is -2.08. The molecule has 3 rings (SSSR count). The summed E-state index contributed by atoms with van der Waals surface area (Å²) in [5.74, 6) is -0.538. The Labute approximate surface area is 137 Å². The van der Waals surface area contributed by atoms with E-state index >= 15 is 0 Å². The number of hydrogen-bond donors (Lipinski definition) is 1. The molecule has 3 nitrogen and oxygen atoms in total. The SMILES string of the molecule is Cc1nc(-c2ccc(C(=O)Nc3ccc(F)cc3C)cc2)cs1. The number of aryl methyl sites for hydroxylation is 2. The maximum Gasteiger partial charge on any atom is 0.255 e. The molecule has 0 aliphatic heterocycles. The molecule has 2 aromatic carbocycles. The van der Waals surface area contributed by atoms with Crippen LogP contribution in [0.3, 0.4) is 0 Å². The Balaban J connectivity index is 1.77. The Morgan fingerprint density at radius 1 is 1.13 bits per heavy atom. The van der Waals surface area contributed by atoms with Gasteiger partial charge >= 0.3 is 0 Å². The van der Waals surface area contributed by atoms with Crippen LogP contribution in [-0.4, -0.2) is 10.9 Å². The van der Waals surface area contributed by atoms with Crippen molar-refractivity contribution in [2.24, 2.45) is 0 Å². The van der Waals surface area contributed by atoms with E-state index in [0.29, 0.717) is 16.8 Å². The van der Waals surface area contributed by atoms with E-state index in [1.807, 2.05) is 24.4 Å². The molecule has 1 amide bonds. The Hall–Kier alpha value is -2.53. The largest absolute Gasteiger partial charge is 0.322 e. The van der Waals surface area contributed by atoms with Gasteiger partial charge in [0, 0.05) is 22.2 Å². The minimum Gasteiger partial charge on any atom is -0.322 e. The first-order chi connectivity index (χ1) is 11.0. The van der Waals surface area contributed by atoms with Gasteiger partial charge in [0.15, 0.2) is 0 Å². The van der Waals surface area contributed by atoms with Crippen LogP contribution in [0.4, 0.5) is 10.1 Å². The summed E-state index contributed by atoms with van der Waals surface area (Å²) in [6.07, 6.45) is 0. The molecule has 0 aliphatic carbocycles. The first kappa shape index (κ1) is 15.4. The molecule has 0 spiro atoms. The summed E-state index contributed by atoms with van der Waals surface area (Å²) in [4.78, 5) is 16.7. The Bertz CT molecular complexity index is 856. The molecule has 1 heterocycles. The van der Waals surface area contributed by atoms with Gasteiger partial charge < -0.3 is 5.32 Å². The van der Waals surface area contributed by atoms with E-state index in [0.717, 1.165) is 16.3 Å². The quantitative estimate of drug-likeness (QED) is 0.750. The van der Waals surface area contributed by atoms with E-state index in [1.54, 1.807) is 36.5 Å². The van der Waals surface area contributed by atoms with Gasteiger partial charge in [0.25, 0.3) is 5.91 Å². The van der Waals surface area contributed by atoms with Crippen LogP contribution >= 0.6 is 11.3 Å². The summed E-state index contributed by atoms with van der Waals surface area (Å²) >= 11 is 1.59. The van der Waals surface area contributed by atoms with Crippen molar-refractivity contribution in [3.8, 4) is 11.3 Å². The molecule has 0 saturated heterocycles. The predicted octanol–water partition coefficient (Wildman–Crippen LogP) is 4.82. The number of carbonyl (C=O) groups excluding carboxylic acids is 1. The number of nitrogens with zero attached hydrogens (tertiary/aromatic N) is 1. The van der Waals surface area contributed by atoms with Crippen molar-refractivity contribution in [1.29, 1.82) is 0 Å². The zero-order valence-electron chi connectivity index (χ0n) is 12.8. The number of nitrogens with one attached hydrogen (secondary N) is 1. The number of hydrogen-bond acceptors (Lipinski definition) is 3. The fourth-order valence-corrected chi connectivity index (χ4v) is 2.87. The molecule has 3 aromatic rings. The van der Waals surface area contributed by atoms with Crippen molar-refractivity contribution in [3.05, 3.63) is 69.8 Å². The van der Waals surface area contributed by atoms with Crippen LogP contribution in [0.5, 0.6) is 0 Å². The van der Waals surface area contributed by atoms with Gasteiger partial charge in [0.1, 0.15) is 5.82 Å². The summed E-state index contributed by atoms with van der Waals surface area (Å²) in [5.41, 5.74) is 3.73. The minimum atomic E-state index is -0.316. The van der Waals surface area contributed by atoms with E-state index < -0.39 is 0 Å². The molecule has 0 bridgehead atoms. The number of rotatable bonds is 3. The lowest BCUT2D eigenvalue weighted by Crippen LogP contribution is -2.12. The second-order valence-electron chi connectivity index (χ2n) is 5.24. The van der Waals surface area contributed by atoms with Crippen molar-refractivity contribution in [2.75, 3.05) is 5.32 Å². The fraction of sp³-hybridized carbons (Fsp3) is 0.111. The third-order valence-electron chi connectivity index (χ3n) is 3.50. The Morgan fingerprint density at radius 3 is 2.48 bits per heavy atom. The van der Waals surface area contributed by atoms with E-state index in [-0.39, 0.29) is 11.7 Å². The van der Waals surface area contributed by atoms with E-state index in [9.17, 15) is 9.18 Å². The summed E-state index contributed by atoms with van der Waals surface area (Å²) in [5, 5.41) is 5.80. The first-order valence-electron chi connectivity index (χ1n) is 7.13. The number of benzene rings is 2. The van der Waals surface area contributed by atoms with Crippen molar-refractivity contribution < 1.29 is 9.18 Å². The molecular formula is C18H15FN2OS. The number of anilines is 1. The van der Waals surface area contributed by atoms with E-state index in [2.05, 4.69) is 10.3 Å². The van der Waals surface area contributed by atoms with Gasteiger partial charge in [0.05, 0.1) is 10.7 Å². The third kappa shape index (κ3) is 3.46. The molecule has 1 N–H and O–H groups in total. The lowest BCUT2D eigenvalue weighted by molar-refractivity contribution is 0.102. The maximum absolute atomic E-state index is 13.1. The molecular weight excluding hydrogens is 311 g/mol. The topological polar surface area (TPSA) is 42.0 Å². The van der Waals surface area contributed by atoms with Gasteiger partial charge in [-0.2, -0.15) is 0 Å². The van der Waals surface area contributed by atoms with Crippen molar-refractivity contribution in [2.45, 2.75) is 13.8 Å². The molecule has 0 aliphatic rings. The molecule has 23 heavy (non-hydrogen) atoms. The monoisotopic (exact) mass is 326 g/mol. The Morgan fingerprint density at radius 2 is 1.87 bits per heavy atom. The highest BCUT2D eigenvalue weighted by Crippen LogP contribution is 2.22. The number of halogens is 1.